The molecule has 116 valence electrons. The molecule has 1 amide bonds. The molecule has 0 aliphatic rings. The Balaban J connectivity index is 1.55. The summed E-state index contributed by atoms with van der Waals surface area (Å²) in [5.74, 6) is 0.650. The normalized spacial score (nSPS) is 10.7. The highest BCUT2D eigenvalue weighted by Crippen LogP contribution is 2.22. The SMILES string of the molecule is O=C(Nc1ccc(-c2nc3ccccc3[nH]2)cc1)c1ccncc1. The number of para-hydroxylation sites is 2. The summed E-state index contributed by atoms with van der Waals surface area (Å²) in [5.41, 5.74) is 4.21. The highest BCUT2D eigenvalue weighted by atomic mass is 16.1. The molecule has 2 N–H and O–H groups in total. The van der Waals surface area contributed by atoms with Crippen molar-refractivity contribution in [2.75, 3.05) is 5.32 Å². The summed E-state index contributed by atoms with van der Waals surface area (Å²) in [4.78, 5) is 23.9. The van der Waals surface area contributed by atoms with E-state index >= 15 is 0 Å². The third-order valence-electron chi connectivity index (χ3n) is 3.75. The smallest absolute Gasteiger partial charge is 0.255 e. The zero-order valence-electron chi connectivity index (χ0n) is 12.7. The summed E-state index contributed by atoms with van der Waals surface area (Å²) in [6.07, 6.45) is 3.19. The molecule has 2 aromatic heterocycles. The second-order valence-electron chi connectivity index (χ2n) is 5.37. The molecule has 2 aromatic carbocycles. The minimum absolute atomic E-state index is 0.158. The van der Waals surface area contributed by atoms with Gasteiger partial charge < -0.3 is 10.3 Å². The van der Waals surface area contributed by atoms with Crippen LogP contribution in [0.15, 0.2) is 73.1 Å². The lowest BCUT2D eigenvalue weighted by molar-refractivity contribution is 0.102. The Morgan fingerprint density at radius 1 is 0.917 bits per heavy atom. The average Bonchev–Trinajstić information content (AvgIpc) is 3.07. The number of hydrogen-bond acceptors (Lipinski definition) is 3. The van der Waals surface area contributed by atoms with E-state index in [-0.39, 0.29) is 5.91 Å². The number of fused-ring (bicyclic) bond motifs is 1. The molecule has 0 aliphatic carbocycles. The average molecular weight is 314 g/mol. The third kappa shape index (κ3) is 2.75. The highest BCUT2D eigenvalue weighted by Gasteiger charge is 2.07. The molecule has 4 rings (SSSR count). The number of carbonyl (C=O) groups is 1. The van der Waals surface area contributed by atoms with Gasteiger partial charge >= 0.3 is 0 Å². The topological polar surface area (TPSA) is 70.7 Å². The lowest BCUT2D eigenvalue weighted by Crippen LogP contribution is -2.11. The first-order valence-electron chi connectivity index (χ1n) is 7.56. The maximum absolute atomic E-state index is 12.1. The van der Waals surface area contributed by atoms with E-state index in [2.05, 4.69) is 20.3 Å². The highest BCUT2D eigenvalue weighted by molar-refractivity contribution is 6.04. The molecular weight excluding hydrogens is 300 g/mol. The molecule has 0 radical (unpaired) electrons. The quantitative estimate of drug-likeness (QED) is 0.603. The molecule has 0 saturated heterocycles. The zero-order valence-corrected chi connectivity index (χ0v) is 12.7. The van der Waals surface area contributed by atoms with Crippen LogP contribution in [0.1, 0.15) is 10.4 Å². The number of carbonyl (C=O) groups excluding carboxylic acids is 1. The van der Waals surface area contributed by atoms with E-state index in [1.165, 1.54) is 0 Å². The lowest BCUT2D eigenvalue weighted by atomic mass is 10.2. The van der Waals surface area contributed by atoms with Gasteiger partial charge in [0.05, 0.1) is 11.0 Å². The van der Waals surface area contributed by atoms with Crippen molar-refractivity contribution in [3.8, 4) is 11.4 Å². The van der Waals surface area contributed by atoms with Gasteiger partial charge in [0, 0.05) is 29.2 Å². The Morgan fingerprint density at radius 2 is 1.67 bits per heavy atom. The molecule has 5 heteroatoms. The van der Waals surface area contributed by atoms with E-state index in [4.69, 9.17) is 0 Å². The van der Waals surface area contributed by atoms with Gasteiger partial charge in [-0.2, -0.15) is 0 Å². The molecule has 0 fully saturated rings. The summed E-state index contributed by atoms with van der Waals surface area (Å²) in [7, 11) is 0. The van der Waals surface area contributed by atoms with E-state index in [1.807, 2.05) is 48.5 Å². The number of rotatable bonds is 3. The first-order valence-corrected chi connectivity index (χ1v) is 7.56. The van der Waals surface area contributed by atoms with Crippen molar-refractivity contribution in [1.82, 2.24) is 15.0 Å². The van der Waals surface area contributed by atoms with E-state index in [1.54, 1.807) is 24.5 Å². The van der Waals surface area contributed by atoms with Gasteiger partial charge in [-0.1, -0.05) is 12.1 Å². The van der Waals surface area contributed by atoms with Crippen LogP contribution in [0.5, 0.6) is 0 Å². The Bertz CT molecular complexity index is 958. The monoisotopic (exact) mass is 314 g/mol. The zero-order chi connectivity index (χ0) is 16.4. The van der Waals surface area contributed by atoms with Gasteiger partial charge in [-0.25, -0.2) is 4.98 Å². The van der Waals surface area contributed by atoms with Crippen LogP contribution in [0.4, 0.5) is 5.69 Å². The molecule has 0 aliphatic heterocycles. The number of pyridine rings is 1. The molecule has 0 atom stereocenters. The van der Waals surface area contributed by atoms with Crippen molar-refractivity contribution < 1.29 is 4.79 Å². The molecule has 4 aromatic rings. The molecular formula is C19H14N4O. The minimum Gasteiger partial charge on any atom is -0.338 e. The van der Waals surface area contributed by atoms with Crippen LogP contribution in [0.3, 0.4) is 0 Å². The number of aromatic nitrogens is 3. The van der Waals surface area contributed by atoms with Gasteiger partial charge in [0.25, 0.3) is 5.91 Å². The van der Waals surface area contributed by atoms with Crippen LogP contribution >= 0.6 is 0 Å². The number of nitrogens with zero attached hydrogens (tertiary/aromatic N) is 2. The van der Waals surface area contributed by atoms with Crippen LogP contribution < -0.4 is 5.32 Å². The van der Waals surface area contributed by atoms with Crippen molar-refractivity contribution in [3.05, 3.63) is 78.6 Å². The van der Waals surface area contributed by atoms with Gasteiger partial charge in [0.1, 0.15) is 5.82 Å². The van der Waals surface area contributed by atoms with Crippen molar-refractivity contribution >= 4 is 22.6 Å². The molecule has 0 bridgehead atoms. The largest absolute Gasteiger partial charge is 0.338 e. The van der Waals surface area contributed by atoms with Gasteiger partial charge in [0.15, 0.2) is 0 Å². The number of H-pyrrole nitrogens is 1. The van der Waals surface area contributed by atoms with E-state index in [9.17, 15) is 4.79 Å². The summed E-state index contributed by atoms with van der Waals surface area (Å²) in [6, 6.07) is 18.8. The first kappa shape index (κ1) is 14.1. The van der Waals surface area contributed by atoms with Gasteiger partial charge in [-0.3, -0.25) is 9.78 Å². The predicted molar refractivity (Wildman–Crippen MR) is 93.7 cm³/mol. The standard InChI is InChI=1S/C19H14N4O/c24-19(14-9-11-20-12-10-14)21-15-7-5-13(6-8-15)18-22-16-3-1-2-4-17(16)23-18/h1-12H,(H,21,24)(H,22,23). The summed E-state index contributed by atoms with van der Waals surface area (Å²) in [6.45, 7) is 0. The molecule has 2 heterocycles. The van der Waals surface area contributed by atoms with E-state index < -0.39 is 0 Å². The lowest BCUT2D eigenvalue weighted by Gasteiger charge is -2.05. The fraction of sp³-hybridized carbons (Fsp3) is 0. The molecule has 0 saturated carbocycles. The van der Waals surface area contributed by atoms with E-state index in [0.717, 1.165) is 28.1 Å². The molecule has 24 heavy (non-hydrogen) atoms. The number of aromatic amines is 1. The third-order valence-corrected chi connectivity index (χ3v) is 3.75. The van der Waals surface area contributed by atoms with Crippen LogP contribution in [0, 0.1) is 0 Å². The molecule has 5 nitrogen and oxygen atoms in total. The molecule has 0 spiro atoms. The van der Waals surface area contributed by atoms with Crippen molar-refractivity contribution in [2.45, 2.75) is 0 Å². The fourth-order valence-corrected chi connectivity index (χ4v) is 2.51. The second kappa shape index (κ2) is 5.96. The fourth-order valence-electron chi connectivity index (χ4n) is 2.51. The summed E-state index contributed by atoms with van der Waals surface area (Å²) in [5, 5.41) is 2.87. The van der Waals surface area contributed by atoms with Crippen molar-refractivity contribution in [3.63, 3.8) is 0 Å². The van der Waals surface area contributed by atoms with Crippen LogP contribution in [0.2, 0.25) is 0 Å². The molecule has 0 unspecified atom stereocenters. The predicted octanol–water partition coefficient (Wildman–Crippen LogP) is 3.88. The number of amides is 1. The van der Waals surface area contributed by atoms with Gasteiger partial charge in [-0.05, 0) is 48.5 Å². The van der Waals surface area contributed by atoms with Gasteiger partial charge in [0.2, 0.25) is 0 Å². The minimum atomic E-state index is -0.158. The number of imidazole rings is 1. The Kier molecular flexibility index (Phi) is 3.51. The van der Waals surface area contributed by atoms with Crippen LogP contribution in [-0.4, -0.2) is 20.9 Å². The maximum atomic E-state index is 12.1. The number of nitrogens with one attached hydrogen (secondary N) is 2. The number of anilines is 1. The Labute approximate surface area is 138 Å². The van der Waals surface area contributed by atoms with Crippen molar-refractivity contribution in [1.29, 1.82) is 0 Å². The van der Waals surface area contributed by atoms with E-state index in [0.29, 0.717) is 5.56 Å². The summed E-state index contributed by atoms with van der Waals surface area (Å²) >= 11 is 0. The second-order valence-corrected chi connectivity index (χ2v) is 5.37. The first-order chi connectivity index (χ1) is 11.8. The van der Waals surface area contributed by atoms with Crippen molar-refractivity contribution in [2.24, 2.45) is 0 Å². The Hall–Kier alpha value is -3.47. The number of hydrogen-bond donors (Lipinski definition) is 2. The summed E-state index contributed by atoms with van der Waals surface area (Å²) < 4.78 is 0. The maximum Gasteiger partial charge on any atom is 0.255 e. The van der Waals surface area contributed by atoms with Crippen LogP contribution in [0.25, 0.3) is 22.4 Å². The van der Waals surface area contributed by atoms with Crippen LogP contribution in [-0.2, 0) is 0 Å². The number of benzene rings is 2. The Morgan fingerprint density at radius 3 is 2.42 bits per heavy atom. The van der Waals surface area contributed by atoms with Gasteiger partial charge in [-0.15, -0.1) is 0 Å².